The summed E-state index contributed by atoms with van der Waals surface area (Å²) in [7, 11) is 0. The zero-order valence-electron chi connectivity index (χ0n) is 10.6. The molecule has 1 unspecified atom stereocenters. The second-order valence-electron chi connectivity index (χ2n) is 4.22. The highest BCUT2D eigenvalue weighted by atomic mass is 35.5. The lowest BCUT2D eigenvalue weighted by atomic mass is 10.0. The van der Waals surface area contributed by atoms with E-state index >= 15 is 0 Å². The van der Waals surface area contributed by atoms with E-state index in [9.17, 15) is 4.39 Å². The van der Waals surface area contributed by atoms with E-state index in [0.29, 0.717) is 11.4 Å². The van der Waals surface area contributed by atoms with Gasteiger partial charge in [0.2, 0.25) is 0 Å². The maximum Gasteiger partial charge on any atom is 0.123 e. The van der Waals surface area contributed by atoms with Crippen molar-refractivity contribution in [2.24, 2.45) is 0 Å². The van der Waals surface area contributed by atoms with E-state index in [2.05, 4.69) is 15.3 Å². The first-order chi connectivity index (χ1) is 9.20. The van der Waals surface area contributed by atoms with E-state index in [1.165, 1.54) is 18.5 Å². The monoisotopic (exact) mass is 279 g/mol. The third kappa shape index (κ3) is 3.72. The minimum atomic E-state index is -0.279. The smallest absolute Gasteiger partial charge is 0.123 e. The Morgan fingerprint density at radius 1 is 1.32 bits per heavy atom. The van der Waals surface area contributed by atoms with Gasteiger partial charge in [0.15, 0.2) is 0 Å². The molecule has 0 radical (unpaired) electrons. The third-order valence-corrected chi connectivity index (χ3v) is 3.23. The van der Waals surface area contributed by atoms with Crippen LogP contribution in [0.25, 0.3) is 0 Å². The number of nitrogens with one attached hydrogen (secondary N) is 1. The lowest BCUT2D eigenvalue weighted by Crippen LogP contribution is -2.23. The van der Waals surface area contributed by atoms with E-state index in [-0.39, 0.29) is 11.9 Å². The summed E-state index contributed by atoms with van der Waals surface area (Å²) in [5, 5.41) is 3.90. The van der Waals surface area contributed by atoms with E-state index in [0.717, 1.165) is 17.7 Å². The second-order valence-corrected chi connectivity index (χ2v) is 4.63. The van der Waals surface area contributed by atoms with Crippen molar-refractivity contribution in [1.29, 1.82) is 0 Å². The number of rotatable bonds is 5. The Kier molecular flexibility index (Phi) is 4.82. The summed E-state index contributed by atoms with van der Waals surface area (Å²) in [6.45, 7) is 2.82. The van der Waals surface area contributed by atoms with Crippen molar-refractivity contribution in [1.82, 2.24) is 15.3 Å². The molecule has 1 N–H and O–H groups in total. The zero-order chi connectivity index (χ0) is 13.7. The number of likely N-dealkylation sites (N-methyl/N-ethyl adjacent to an activating group) is 1. The lowest BCUT2D eigenvalue weighted by Gasteiger charge is -2.18. The Balaban J connectivity index is 2.24. The Bertz CT molecular complexity index is 533. The molecule has 19 heavy (non-hydrogen) atoms. The number of hydrogen-bond donors (Lipinski definition) is 1. The summed E-state index contributed by atoms with van der Waals surface area (Å²) in [6.07, 6.45) is 5.60. The van der Waals surface area contributed by atoms with Gasteiger partial charge < -0.3 is 5.32 Å². The molecule has 0 aliphatic carbocycles. The number of hydrogen-bond acceptors (Lipinski definition) is 3. The standard InChI is InChI=1S/C14H15ClFN3/c1-2-19-14(11-7-17-9-18-8-11)6-10-5-12(16)3-4-13(10)15/h3-5,7-9,14,19H,2,6H2,1H3. The molecule has 0 spiro atoms. The Morgan fingerprint density at radius 2 is 2.05 bits per heavy atom. The molecule has 2 aromatic rings. The fourth-order valence-corrected chi connectivity index (χ4v) is 2.16. The molecule has 2 rings (SSSR count). The quantitative estimate of drug-likeness (QED) is 0.914. The Hall–Kier alpha value is -1.52. The van der Waals surface area contributed by atoms with Gasteiger partial charge in [-0.15, -0.1) is 0 Å². The number of nitrogens with zero attached hydrogens (tertiary/aromatic N) is 2. The van der Waals surface area contributed by atoms with Crippen LogP contribution in [0.15, 0.2) is 36.9 Å². The highest BCUT2D eigenvalue weighted by molar-refractivity contribution is 6.31. The van der Waals surface area contributed by atoms with Gasteiger partial charge in [-0.05, 0) is 36.7 Å². The summed E-state index contributed by atoms with van der Waals surface area (Å²) < 4.78 is 13.3. The molecule has 0 aliphatic rings. The first kappa shape index (κ1) is 13.9. The number of halogens is 2. The predicted octanol–water partition coefficient (Wildman–Crippen LogP) is 3.16. The first-order valence-corrected chi connectivity index (χ1v) is 6.50. The van der Waals surface area contributed by atoms with Crippen LogP contribution in [-0.2, 0) is 6.42 Å². The van der Waals surface area contributed by atoms with Gasteiger partial charge in [0.05, 0.1) is 0 Å². The van der Waals surface area contributed by atoms with Crippen LogP contribution >= 0.6 is 11.6 Å². The molecule has 0 saturated carbocycles. The van der Waals surface area contributed by atoms with Gasteiger partial charge in [0, 0.05) is 29.0 Å². The van der Waals surface area contributed by atoms with Crippen LogP contribution in [0.4, 0.5) is 4.39 Å². The molecule has 0 amide bonds. The van der Waals surface area contributed by atoms with E-state index < -0.39 is 0 Å². The van der Waals surface area contributed by atoms with Crippen molar-refractivity contribution in [2.75, 3.05) is 6.54 Å². The van der Waals surface area contributed by atoms with Crippen LogP contribution < -0.4 is 5.32 Å². The normalized spacial score (nSPS) is 12.4. The topological polar surface area (TPSA) is 37.8 Å². The van der Waals surface area contributed by atoms with Crippen LogP contribution in [0, 0.1) is 5.82 Å². The van der Waals surface area contributed by atoms with Gasteiger partial charge in [-0.25, -0.2) is 14.4 Å². The van der Waals surface area contributed by atoms with E-state index in [1.807, 2.05) is 6.92 Å². The minimum Gasteiger partial charge on any atom is -0.310 e. The average Bonchev–Trinajstić information content (AvgIpc) is 2.43. The summed E-state index contributed by atoms with van der Waals surface area (Å²) in [5.74, 6) is -0.279. The number of aromatic nitrogens is 2. The minimum absolute atomic E-state index is 0.0190. The molecule has 0 aliphatic heterocycles. The van der Waals surface area contributed by atoms with Crippen LogP contribution in [0.5, 0.6) is 0 Å². The fraction of sp³-hybridized carbons (Fsp3) is 0.286. The second kappa shape index (κ2) is 6.59. The summed E-state index contributed by atoms with van der Waals surface area (Å²) in [5.41, 5.74) is 1.74. The average molecular weight is 280 g/mol. The maximum absolute atomic E-state index is 13.3. The van der Waals surface area contributed by atoms with Crippen LogP contribution in [0.2, 0.25) is 5.02 Å². The Labute approximate surface area is 116 Å². The van der Waals surface area contributed by atoms with Crippen molar-refractivity contribution < 1.29 is 4.39 Å². The summed E-state index contributed by atoms with van der Waals surface area (Å²) in [6, 6.07) is 4.43. The molecule has 0 fully saturated rings. The summed E-state index contributed by atoms with van der Waals surface area (Å²) >= 11 is 6.10. The molecule has 100 valence electrons. The van der Waals surface area contributed by atoms with Gasteiger partial charge in [-0.3, -0.25) is 0 Å². The molecular formula is C14H15ClFN3. The molecule has 5 heteroatoms. The van der Waals surface area contributed by atoms with E-state index in [1.54, 1.807) is 18.5 Å². The van der Waals surface area contributed by atoms with Crippen molar-refractivity contribution in [2.45, 2.75) is 19.4 Å². The molecular weight excluding hydrogens is 265 g/mol. The zero-order valence-corrected chi connectivity index (χ0v) is 11.4. The highest BCUT2D eigenvalue weighted by Gasteiger charge is 2.14. The molecule has 3 nitrogen and oxygen atoms in total. The lowest BCUT2D eigenvalue weighted by molar-refractivity contribution is 0.543. The predicted molar refractivity (Wildman–Crippen MR) is 73.6 cm³/mol. The van der Waals surface area contributed by atoms with Crippen LogP contribution in [-0.4, -0.2) is 16.5 Å². The number of benzene rings is 1. The summed E-state index contributed by atoms with van der Waals surface area (Å²) in [4.78, 5) is 8.02. The molecule has 1 heterocycles. The van der Waals surface area contributed by atoms with Crippen molar-refractivity contribution in [3.63, 3.8) is 0 Å². The third-order valence-electron chi connectivity index (χ3n) is 2.87. The molecule has 0 bridgehead atoms. The molecule has 1 atom stereocenters. The molecule has 1 aromatic carbocycles. The first-order valence-electron chi connectivity index (χ1n) is 6.13. The van der Waals surface area contributed by atoms with E-state index in [4.69, 9.17) is 11.6 Å². The van der Waals surface area contributed by atoms with Crippen molar-refractivity contribution in [3.8, 4) is 0 Å². The van der Waals surface area contributed by atoms with Crippen LogP contribution in [0.3, 0.4) is 0 Å². The largest absolute Gasteiger partial charge is 0.310 e. The molecule has 0 saturated heterocycles. The van der Waals surface area contributed by atoms with Crippen molar-refractivity contribution in [3.05, 3.63) is 58.9 Å². The van der Waals surface area contributed by atoms with Crippen LogP contribution in [0.1, 0.15) is 24.1 Å². The fourth-order valence-electron chi connectivity index (χ4n) is 1.96. The SMILES string of the molecule is CCNC(Cc1cc(F)ccc1Cl)c1cncnc1. The van der Waals surface area contributed by atoms with Gasteiger partial charge in [0.1, 0.15) is 12.1 Å². The van der Waals surface area contributed by atoms with Gasteiger partial charge >= 0.3 is 0 Å². The van der Waals surface area contributed by atoms with Gasteiger partial charge in [-0.1, -0.05) is 18.5 Å². The maximum atomic E-state index is 13.3. The van der Waals surface area contributed by atoms with Crippen molar-refractivity contribution >= 4 is 11.6 Å². The Morgan fingerprint density at radius 3 is 2.74 bits per heavy atom. The van der Waals surface area contributed by atoms with Gasteiger partial charge in [0.25, 0.3) is 0 Å². The van der Waals surface area contributed by atoms with Gasteiger partial charge in [-0.2, -0.15) is 0 Å². The molecule has 1 aromatic heterocycles. The highest BCUT2D eigenvalue weighted by Crippen LogP contribution is 2.23.